The van der Waals surface area contributed by atoms with Gasteiger partial charge in [-0.1, -0.05) is 6.08 Å². The zero-order valence-corrected chi connectivity index (χ0v) is 4.90. The number of hydrogen-bond donors (Lipinski definition) is 1. The van der Waals surface area contributed by atoms with Gasteiger partial charge in [-0.25, -0.2) is 0 Å². The molecule has 0 heterocycles. The zero-order valence-electron chi connectivity index (χ0n) is 4.90. The summed E-state index contributed by atoms with van der Waals surface area (Å²) in [6.07, 6.45) is 3.54. The van der Waals surface area contributed by atoms with Crippen molar-refractivity contribution in [2.75, 3.05) is 7.05 Å². The van der Waals surface area contributed by atoms with Crippen molar-refractivity contribution in [2.45, 2.75) is 12.8 Å². The summed E-state index contributed by atoms with van der Waals surface area (Å²) in [5.41, 5.74) is 0.782. The first-order valence-electron chi connectivity index (χ1n) is 2.75. The fourth-order valence-corrected chi connectivity index (χ4v) is 0.838. The van der Waals surface area contributed by atoms with Crippen LogP contribution in [-0.4, -0.2) is 12.8 Å². The van der Waals surface area contributed by atoms with E-state index in [2.05, 4.69) is 5.32 Å². The second-order valence-electron chi connectivity index (χ2n) is 1.83. The lowest BCUT2D eigenvalue weighted by atomic mass is 10.3. The number of allylic oxidation sites excluding steroid dienone is 2. The average molecular weight is 111 g/mol. The van der Waals surface area contributed by atoms with Gasteiger partial charge in [-0.15, -0.1) is 0 Å². The smallest absolute Gasteiger partial charge is 0.178 e. The van der Waals surface area contributed by atoms with Gasteiger partial charge in [0.25, 0.3) is 0 Å². The summed E-state index contributed by atoms with van der Waals surface area (Å²) in [5.74, 6) is 0.243. The summed E-state index contributed by atoms with van der Waals surface area (Å²) in [4.78, 5) is 10.7. The Kier molecular flexibility index (Phi) is 1.33. The fourth-order valence-electron chi connectivity index (χ4n) is 0.838. The fraction of sp³-hybridized carbons (Fsp3) is 0.500. The van der Waals surface area contributed by atoms with E-state index >= 15 is 0 Å². The standard InChI is InChI=1S/C6H9NO/c1-7-5-3-2-4-6(5)8/h3,7H,2,4H2,1H3. The van der Waals surface area contributed by atoms with E-state index in [9.17, 15) is 4.79 Å². The number of rotatable bonds is 1. The van der Waals surface area contributed by atoms with Gasteiger partial charge in [0.2, 0.25) is 0 Å². The van der Waals surface area contributed by atoms with E-state index in [1.807, 2.05) is 6.08 Å². The molecule has 0 aromatic heterocycles. The highest BCUT2D eigenvalue weighted by Crippen LogP contribution is 2.09. The van der Waals surface area contributed by atoms with Crippen molar-refractivity contribution >= 4 is 5.78 Å². The lowest BCUT2D eigenvalue weighted by Gasteiger charge is -1.93. The molecule has 0 saturated heterocycles. The predicted molar refractivity (Wildman–Crippen MR) is 31.4 cm³/mol. The summed E-state index contributed by atoms with van der Waals surface area (Å²) in [6, 6.07) is 0. The Morgan fingerprint density at radius 2 is 2.50 bits per heavy atom. The third-order valence-electron chi connectivity index (χ3n) is 1.29. The Hall–Kier alpha value is -0.790. The molecule has 44 valence electrons. The topological polar surface area (TPSA) is 29.1 Å². The van der Waals surface area contributed by atoms with Gasteiger partial charge < -0.3 is 5.32 Å². The first-order chi connectivity index (χ1) is 3.84. The van der Waals surface area contributed by atoms with Gasteiger partial charge in [-0.3, -0.25) is 4.79 Å². The van der Waals surface area contributed by atoms with Crippen molar-refractivity contribution in [3.63, 3.8) is 0 Å². The predicted octanol–water partition coefficient (Wildman–Crippen LogP) is 0.453. The molecular formula is C6H9NO. The van der Waals surface area contributed by atoms with Gasteiger partial charge in [0, 0.05) is 13.5 Å². The molecule has 0 aromatic carbocycles. The van der Waals surface area contributed by atoms with Crippen LogP contribution in [0.25, 0.3) is 0 Å². The highest BCUT2D eigenvalue weighted by Gasteiger charge is 2.11. The zero-order chi connectivity index (χ0) is 5.98. The molecule has 0 fully saturated rings. The first-order valence-corrected chi connectivity index (χ1v) is 2.75. The number of Topliss-reactive ketones (excluding diaryl/α,β-unsaturated/α-hetero) is 1. The third kappa shape index (κ3) is 0.735. The highest BCUT2D eigenvalue weighted by atomic mass is 16.1. The van der Waals surface area contributed by atoms with E-state index in [0.717, 1.165) is 12.1 Å². The minimum Gasteiger partial charge on any atom is -0.386 e. The van der Waals surface area contributed by atoms with Crippen LogP contribution >= 0.6 is 0 Å². The van der Waals surface area contributed by atoms with Crippen LogP contribution in [-0.2, 0) is 4.79 Å². The van der Waals surface area contributed by atoms with E-state index in [-0.39, 0.29) is 5.78 Å². The van der Waals surface area contributed by atoms with Crippen LogP contribution in [0, 0.1) is 0 Å². The largest absolute Gasteiger partial charge is 0.386 e. The molecular weight excluding hydrogens is 102 g/mol. The molecule has 0 amide bonds. The van der Waals surface area contributed by atoms with E-state index in [0.29, 0.717) is 6.42 Å². The molecule has 0 radical (unpaired) electrons. The van der Waals surface area contributed by atoms with Crippen molar-refractivity contribution in [3.8, 4) is 0 Å². The molecule has 1 aliphatic rings. The van der Waals surface area contributed by atoms with E-state index in [1.165, 1.54) is 0 Å². The maximum atomic E-state index is 10.7. The monoisotopic (exact) mass is 111 g/mol. The van der Waals surface area contributed by atoms with Gasteiger partial charge in [0.05, 0.1) is 5.70 Å². The van der Waals surface area contributed by atoms with E-state index in [4.69, 9.17) is 0 Å². The molecule has 2 heteroatoms. The number of nitrogens with one attached hydrogen (secondary N) is 1. The van der Waals surface area contributed by atoms with Crippen molar-refractivity contribution in [2.24, 2.45) is 0 Å². The second kappa shape index (κ2) is 1.99. The summed E-state index contributed by atoms with van der Waals surface area (Å²) in [5, 5.41) is 2.83. The van der Waals surface area contributed by atoms with E-state index < -0.39 is 0 Å². The molecule has 1 N–H and O–H groups in total. The Balaban J connectivity index is 2.62. The van der Waals surface area contributed by atoms with Gasteiger partial charge in [0.15, 0.2) is 5.78 Å². The second-order valence-corrected chi connectivity index (χ2v) is 1.83. The Labute approximate surface area is 48.6 Å². The van der Waals surface area contributed by atoms with Crippen molar-refractivity contribution < 1.29 is 4.79 Å². The first kappa shape index (κ1) is 5.35. The third-order valence-corrected chi connectivity index (χ3v) is 1.29. The van der Waals surface area contributed by atoms with Crippen molar-refractivity contribution in [1.29, 1.82) is 0 Å². The summed E-state index contributed by atoms with van der Waals surface area (Å²) in [7, 11) is 1.77. The number of hydrogen-bond acceptors (Lipinski definition) is 2. The van der Waals surface area contributed by atoms with Crippen LogP contribution in [0.3, 0.4) is 0 Å². The van der Waals surface area contributed by atoms with Crippen LogP contribution in [0.1, 0.15) is 12.8 Å². The summed E-state index contributed by atoms with van der Waals surface area (Å²) in [6.45, 7) is 0. The highest BCUT2D eigenvalue weighted by molar-refractivity contribution is 5.96. The van der Waals surface area contributed by atoms with Crippen molar-refractivity contribution in [1.82, 2.24) is 5.32 Å². The normalized spacial score (nSPS) is 18.6. The minimum atomic E-state index is 0.243. The van der Waals surface area contributed by atoms with Gasteiger partial charge in [-0.2, -0.15) is 0 Å². The van der Waals surface area contributed by atoms with Crippen molar-refractivity contribution in [3.05, 3.63) is 11.8 Å². The van der Waals surface area contributed by atoms with Crippen LogP contribution in [0.4, 0.5) is 0 Å². The molecule has 0 spiro atoms. The molecule has 1 aliphatic carbocycles. The van der Waals surface area contributed by atoms with Crippen LogP contribution in [0.5, 0.6) is 0 Å². The van der Waals surface area contributed by atoms with Gasteiger partial charge in [-0.05, 0) is 6.42 Å². The molecule has 0 unspecified atom stereocenters. The molecule has 0 saturated carbocycles. The lowest BCUT2D eigenvalue weighted by molar-refractivity contribution is -0.115. The Morgan fingerprint density at radius 1 is 1.75 bits per heavy atom. The molecule has 0 aliphatic heterocycles. The maximum Gasteiger partial charge on any atom is 0.178 e. The Bertz CT molecular complexity index is 137. The number of carbonyl (C=O) groups is 1. The number of carbonyl (C=O) groups excluding carboxylic acids is 1. The molecule has 0 bridgehead atoms. The molecule has 2 nitrogen and oxygen atoms in total. The molecule has 0 aromatic rings. The number of likely N-dealkylation sites (N-methyl/N-ethyl adjacent to an activating group) is 1. The van der Waals surface area contributed by atoms with E-state index in [1.54, 1.807) is 7.05 Å². The van der Waals surface area contributed by atoms with Gasteiger partial charge >= 0.3 is 0 Å². The maximum absolute atomic E-state index is 10.7. The summed E-state index contributed by atoms with van der Waals surface area (Å²) >= 11 is 0. The number of ketones is 1. The van der Waals surface area contributed by atoms with Gasteiger partial charge in [0.1, 0.15) is 0 Å². The minimum absolute atomic E-state index is 0.243. The summed E-state index contributed by atoms with van der Waals surface area (Å²) < 4.78 is 0. The van der Waals surface area contributed by atoms with Crippen LogP contribution in [0.15, 0.2) is 11.8 Å². The van der Waals surface area contributed by atoms with Crippen LogP contribution in [0.2, 0.25) is 0 Å². The molecule has 8 heavy (non-hydrogen) atoms. The quantitative estimate of drug-likeness (QED) is 0.532. The molecule has 1 rings (SSSR count). The Morgan fingerprint density at radius 3 is 2.75 bits per heavy atom. The molecule has 0 atom stereocenters. The average Bonchev–Trinajstić information content (AvgIpc) is 2.14. The van der Waals surface area contributed by atoms with Crippen LogP contribution < -0.4 is 5.32 Å². The lowest BCUT2D eigenvalue weighted by Crippen LogP contribution is -2.11. The SMILES string of the molecule is CNC1=CCCC1=O.